The molecule has 0 spiro atoms. The fourth-order valence-corrected chi connectivity index (χ4v) is 3.15. The second-order valence-corrected chi connectivity index (χ2v) is 6.24. The van der Waals surface area contributed by atoms with Gasteiger partial charge in [0.1, 0.15) is 13.2 Å². The van der Waals surface area contributed by atoms with Gasteiger partial charge in [-0.05, 0) is 31.5 Å². The van der Waals surface area contributed by atoms with Gasteiger partial charge in [0.05, 0.1) is 6.54 Å². The molecule has 1 saturated carbocycles. The molecule has 3 N–H and O–H groups in total. The molecule has 2 aliphatic rings. The summed E-state index contributed by atoms with van der Waals surface area (Å²) in [5, 5.41) is 14.6. The van der Waals surface area contributed by atoms with E-state index in [0.717, 1.165) is 12.8 Å². The van der Waals surface area contributed by atoms with E-state index >= 15 is 0 Å². The van der Waals surface area contributed by atoms with Gasteiger partial charge in [0.25, 0.3) is 0 Å². The summed E-state index contributed by atoms with van der Waals surface area (Å²) in [4.78, 5) is 24.9. The Bertz CT molecular complexity index is 645. The first-order chi connectivity index (χ1) is 12.0. The van der Waals surface area contributed by atoms with Crippen molar-refractivity contribution in [2.24, 2.45) is 0 Å². The number of likely N-dealkylation sites (N-methyl/N-ethyl adjacent to an activating group) is 1. The van der Waals surface area contributed by atoms with Crippen LogP contribution in [0.2, 0.25) is 0 Å². The number of aliphatic carboxylic acids is 1. The SMILES string of the molecule is CCN(CC(=O)O)C1CC(NC(=O)Nc2ccc3c(c2)OCCO3)C1. The molecule has 1 aromatic carbocycles. The van der Waals surface area contributed by atoms with E-state index in [1.165, 1.54) is 0 Å². The number of amides is 2. The fourth-order valence-electron chi connectivity index (χ4n) is 3.15. The third-order valence-corrected chi connectivity index (χ3v) is 4.51. The van der Waals surface area contributed by atoms with Crippen LogP contribution in [0.5, 0.6) is 11.5 Å². The Balaban J connectivity index is 1.45. The molecular weight excluding hydrogens is 326 g/mol. The Morgan fingerprint density at radius 2 is 1.96 bits per heavy atom. The average molecular weight is 349 g/mol. The van der Waals surface area contributed by atoms with Crippen LogP contribution in [0, 0.1) is 0 Å². The normalized spacial score (nSPS) is 21.4. The monoisotopic (exact) mass is 349 g/mol. The van der Waals surface area contributed by atoms with E-state index in [1.807, 2.05) is 11.8 Å². The first-order valence-corrected chi connectivity index (χ1v) is 8.48. The van der Waals surface area contributed by atoms with Crippen molar-refractivity contribution in [2.75, 3.05) is 31.6 Å². The second kappa shape index (κ2) is 7.60. The molecule has 1 fully saturated rings. The molecule has 136 valence electrons. The third-order valence-electron chi connectivity index (χ3n) is 4.51. The number of carboxylic acids is 1. The zero-order valence-corrected chi connectivity index (χ0v) is 14.2. The quantitative estimate of drug-likeness (QED) is 0.720. The smallest absolute Gasteiger partial charge is 0.319 e. The summed E-state index contributed by atoms with van der Waals surface area (Å²) in [6.45, 7) is 3.69. The van der Waals surface area contributed by atoms with E-state index in [0.29, 0.717) is 36.9 Å². The minimum atomic E-state index is -0.824. The molecule has 0 atom stereocenters. The van der Waals surface area contributed by atoms with Crippen molar-refractivity contribution in [3.8, 4) is 11.5 Å². The molecular formula is C17H23N3O5. The third kappa shape index (κ3) is 4.33. The number of fused-ring (bicyclic) bond motifs is 1. The van der Waals surface area contributed by atoms with Crippen LogP contribution < -0.4 is 20.1 Å². The number of nitrogens with one attached hydrogen (secondary N) is 2. The standard InChI is InChI=1S/C17H23N3O5/c1-2-20(10-16(21)22)13-7-12(8-13)19-17(23)18-11-3-4-14-15(9-11)25-6-5-24-14/h3-4,9,12-13H,2,5-8,10H2,1H3,(H,21,22)(H2,18,19,23). The highest BCUT2D eigenvalue weighted by Crippen LogP contribution is 2.32. The summed E-state index contributed by atoms with van der Waals surface area (Å²) in [6.07, 6.45) is 1.52. The van der Waals surface area contributed by atoms with Crippen LogP contribution >= 0.6 is 0 Å². The van der Waals surface area contributed by atoms with Crippen LogP contribution in [0.15, 0.2) is 18.2 Å². The second-order valence-electron chi connectivity index (χ2n) is 6.24. The first kappa shape index (κ1) is 17.3. The number of carbonyl (C=O) groups is 2. The van der Waals surface area contributed by atoms with Crippen LogP contribution in [-0.4, -0.2) is 60.4 Å². The number of rotatable bonds is 6. The van der Waals surface area contributed by atoms with Gasteiger partial charge in [0.15, 0.2) is 11.5 Å². The largest absolute Gasteiger partial charge is 0.486 e. The Labute approximate surface area is 146 Å². The van der Waals surface area contributed by atoms with Crippen molar-refractivity contribution < 1.29 is 24.2 Å². The van der Waals surface area contributed by atoms with Crippen LogP contribution in [-0.2, 0) is 4.79 Å². The number of hydrogen-bond donors (Lipinski definition) is 3. The van der Waals surface area contributed by atoms with Crippen molar-refractivity contribution >= 4 is 17.7 Å². The van der Waals surface area contributed by atoms with E-state index in [1.54, 1.807) is 18.2 Å². The summed E-state index contributed by atoms with van der Waals surface area (Å²) in [5.41, 5.74) is 0.638. The first-order valence-electron chi connectivity index (χ1n) is 8.48. The molecule has 1 aliphatic heterocycles. The molecule has 8 nitrogen and oxygen atoms in total. The van der Waals surface area contributed by atoms with E-state index in [2.05, 4.69) is 10.6 Å². The Hall–Kier alpha value is -2.48. The lowest BCUT2D eigenvalue weighted by Crippen LogP contribution is -2.55. The number of nitrogens with zero attached hydrogens (tertiary/aromatic N) is 1. The lowest BCUT2D eigenvalue weighted by molar-refractivity contribution is -0.139. The number of benzene rings is 1. The van der Waals surface area contributed by atoms with Gasteiger partial charge < -0.3 is 25.2 Å². The fraction of sp³-hybridized carbons (Fsp3) is 0.529. The molecule has 25 heavy (non-hydrogen) atoms. The summed E-state index contributed by atoms with van der Waals surface area (Å²) in [5.74, 6) is 0.478. The summed E-state index contributed by atoms with van der Waals surface area (Å²) >= 11 is 0. The summed E-state index contributed by atoms with van der Waals surface area (Å²) in [7, 11) is 0. The number of urea groups is 1. The predicted molar refractivity (Wildman–Crippen MR) is 91.3 cm³/mol. The van der Waals surface area contributed by atoms with Crippen LogP contribution in [0.4, 0.5) is 10.5 Å². The number of hydrogen-bond acceptors (Lipinski definition) is 5. The molecule has 0 aromatic heterocycles. The van der Waals surface area contributed by atoms with Crippen molar-refractivity contribution in [2.45, 2.75) is 31.8 Å². The Kier molecular flexibility index (Phi) is 5.28. The average Bonchev–Trinajstić information content (AvgIpc) is 2.55. The highest BCUT2D eigenvalue weighted by Gasteiger charge is 2.34. The Morgan fingerprint density at radius 3 is 2.64 bits per heavy atom. The lowest BCUT2D eigenvalue weighted by Gasteiger charge is -2.42. The zero-order valence-electron chi connectivity index (χ0n) is 14.2. The Morgan fingerprint density at radius 1 is 1.24 bits per heavy atom. The molecule has 1 heterocycles. The molecule has 8 heteroatoms. The predicted octanol–water partition coefficient (Wildman–Crippen LogP) is 1.52. The maximum absolute atomic E-state index is 12.1. The molecule has 1 aromatic rings. The van der Waals surface area contributed by atoms with Crippen LogP contribution in [0.3, 0.4) is 0 Å². The van der Waals surface area contributed by atoms with Gasteiger partial charge in [-0.2, -0.15) is 0 Å². The van der Waals surface area contributed by atoms with Gasteiger partial charge in [0, 0.05) is 23.8 Å². The van der Waals surface area contributed by atoms with E-state index in [-0.39, 0.29) is 24.7 Å². The maximum Gasteiger partial charge on any atom is 0.319 e. The van der Waals surface area contributed by atoms with E-state index < -0.39 is 5.97 Å². The molecule has 1 aliphatic carbocycles. The zero-order chi connectivity index (χ0) is 17.8. The maximum atomic E-state index is 12.1. The van der Waals surface area contributed by atoms with Gasteiger partial charge >= 0.3 is 12.0 Å². The topological polar surface area (TPSA) is 100 Å². The van der Waals surface area contributed by atoms with Gasteiger partial charge in [-0.1, -0.05) is 6.92 Å². The highest BCUT2D eigenvalue weighted by atomic mass is 16.6. The molecule has 0 radical (unpaired) electrons. The number of anilines is 1. The van der Waals surface area contributed by atoms with E-state index in [9.17, 15) is 9.59 Å². The number of ether oxygens (including phenoxy) is 2. The molecule has 3 rings (SSSR count). The lowest BCUT2D eigenvalue weighted by atomic mass is 9.85. The molecule has 0 saturated heterocycles. The minimum Gasteiger partial charge on any atom is -0.486 e. The number of carbonyl (C=O) groups excluding carboxylic acids is 1. The van der Waals surface area contributed by atoms with Gasteiger partial charge in [-0.3, -0.25) is 9.69 Å². The van der Waals surface area contributed by atoms with Crippen molar-refractivity contribution in [3.63, 3.8) is 0 Å². The molecule has 0 unspecified atom stereocenters. The highest BCUT2D eigenvalue weighted by molar-refractivity contribution is 5.90. The van der Waals surface area contributed by atoms with Crippen molar-refractivity contribution in [3.05, 3.63) is 18.2 Å². The van der Waals surface area contributed by atoms with Crippen molar-refractivity contribution in [1.82, 2.24) is 10.2 Å². The van der Waals surface area contributed by atoms with E-state index in [4.69, 9.17) is 14.6 Å². The molecule has 2 amide bonds. The molecule has 0 bridgehead atoms. The van der Waals surface area contributed by atoms with Gasteiger partial charge in [-0.15, -0.1) is 0 Å². The van der Waals surface area contributed by atoms with Crippen molar-refractivity contribution in [1.29, 1.82) is 0 Å². The van der Waals surface area contributed by atoms with Gasteiger partial charge in [0.2, 0.25) is 0 Å². The summed E-state index contributed by atoms with van der Waals surface area (Å²) in [6, 6.07) is 5.27. The number of carboxylic acid groups (broad SMARTS) is 1. The van der Waals surface area contributed by atoms with Gasteiger partial charge in [-0.25, -0.2) is 4.79 Å². The minimum absolute atomic E-state index is 0.0390. The van der Waals surface area contributed by atoms with Crippen LogP contribution in [0.25, 0.3) is 0 Å². The summed E-state index contributed by atoms with van der Waals surface area (Å²) < 4.78 is 10.9. The van der Waals surface area contributed by atoms with Crippen LogP contribution in [0.1, 0.15) is 19.8 Å².